The van der Waals surface area contributed by atoms with Gasteiger partial charge in [-0.3, -0.25) is 9.59 Å². The average Bonchev–Trinajstić information content (AvgIpc) is 3.17. The van der Waals surface area contributed by atoms with Crippen LogP contribution in [0.4, 0.5) is 8.78 Å². The number of halogens is 2. The van der Waals surface area contributed by atoms with E-state index in [0.717, 1.165) is 5.56 Å². The van der Waals surface area contributed by atoms with Crippen LogP contribution < -0.4 is 0 Å². The highest BCUT2D eigenvalue weighted by molar-refractivity contribution is 6.05. The number of fused-ring (bicyclic) bond motifs is 1. The molecule has 2 aliphatic heterocycles. The fourth-order valence-corrected chi connectivity index (χ4v) is 5.12. The molecule has 0 N–H and O–H groups in total. The fraction of sp³-hybridized carbons (Fsp3) is 0.286. The predicted molar refractivity (Wildman–Crippen MR) is 125 cm³/mol. The highest BCUT2D eigenvalue weighted by Crippen LogP contribution is 2.53. The number of hydrogen-bond donors (Lipinski definition) is 0. The van der Waals surface area contributed by atoms with Gasteiger partial charge in [0.05, 0.1) is 13.2 Å². The summed E-state index contributed by atoms with van der Waals surface area (Å²) in [5.74, 6) is -2.08. The molecule has 0 saturated carbocycles. The summed E-state index contributed by atoms with van der Waals surface area (Å²) in [6.45, 7) is 2.13. The number of ether oxygens (including phenoxy) is 1. The normalized spacial score (nSPS) is 22.8. The van der Waals surface area contributed by atoms with E-state index in [4.69, 9.17) is 14.5 Å². The van der Waals surface area contributed by atoms with Gasteiger partial charge in [-0.25, -0.2) is 18.6 Å². The lowest BCUT2D eigenvalue weighted by Crippen LogP contribution is -2.57. The summed E-state index contributed by atoms with van der Waals surface area (Å²) in [5, 5.41) is 0. The summed E-state index contributed by atoms with van der Waals surface area (Å²) in [7, 11) is 0. The standard InChI is InChI=1S/C28H25F2NO5/c1-2-34-26(33)27-18-28(20-8-12-22(29)13-9-20,21-10-14-23(30)15-11-21)36-35-24(27)17-31(25(27)32)16-19-6-4-3-5-7-19/h3-15,24H,2,16-18H2,1H3. The van der Waals surface area contributed by atoms with Crippen LogP contribution >= 0.6 is 0 Å². The van der Waals surface area contributed by atoms with E-state index in [2.05, 4.69) is 0 Å². The third-order valence-corrected chi connectivity index (χ3v) is 6.92. The van der Waals surface area contributed by atoms with Crippen molar-refractivity contribution in [1.29, 1.82) is 0 Å². The molecule has 36 heavy (non-hydrogen) atoms. The Hall–Kier alpha value is -3.62. The Kier molecular flexibility index (Phi) is 6.32. The lowest BCUT2D eigenvalue weighted by molar-refractivity contribution is -0.417. The van der Waals surface area contributed by atoms with E-state index >= 15 is 0 Å². The van der Waals surface area contributed by atoms with E-state index in [1.807, 2.05) is 30.3 Å². The number of likely N-dealkylation sites (tertiary alicyclic amines) is 1. The van der Waals surface area contributed by atoms with Crippen molar-refractivity contribution in [3.8, 4) is 0 Å². The van der Waals surface area contributed by atoms with Gasteiger partial charge in [0.15, 0.2) is 11.0 Å². The monoisotopic (exact) mass is 493 g/mol. The molecule has 2 aliphatic rings. The van der Waals surface area contributed by atoms with Crippen molar-refractivity contribution in [2.24, 2.45) is 5.41 Å². The maximum atomic E-state index is 14.0. The Morgan fingerprint density at radius 1 is 0.972 bits per heavy atom. The van der Waals surface area contributed by atoms with Gasteiger partial charge >= 0.3 is 5.97 Å². The van der Waals surface area contributed by atoms with Crippen LogP contribution in [-0.2, 0) is 36.2 Å². The quantitative estimate of drug-likeness (QED) is 0.287. The molecule has 186 valence electrons. The number of carbonyl (C=O) groups is 2. The summed E-state index contributed by atoms with van der Waals surface area (Å²) in [6.07, 6.45) is -1.09. The van der Waals surface area contributed by atoms with Crippen LogP contribution in [0.15, 0.2) is 78.9 Å². The highest BCUT2D eigenvalue weighted by atomic mass is 19.1. The van der Waals surface area contributed by atoms with Crippen molar-refractivity contribution >= 4 is 11.9 Å². The molecule has 0 bridgehead atoms. The number of esters is 1. The van der Waals surface area contributed by atoms with Crippen molar-refractivity contribution in [3.63, 3.8) is 0 Å². The summed E-state index contributed by atoms with van der Waals surface area (Å²) in [6, 6.07) is 20.4. The van der Waals surface area contributed by atoms with Crippen molar-refractivity contribution in [2.75, 3.05) is 13.2 Å². The summed E-state index contributed by atoms with van der Waals surface area (Å²) in [5.41, 5.74) is -1.42. The number of nitrogens with zero attached hydrogens (tertiary/aromatic N) is 1. The van der Waals surface area contributed by atoms with Crippen LogP contribution in [-0.4, -0.2) is 36.0 Å². The van der Waals surface area contributed by atoms with Crippen LogP contribution in [0.2, 0.25) is 0 Å². The van der Waals surface area contributed by atoms with Crippen LogP contribution in [0.25, 0.3) is 0 Å². The van der Waals surface area contributed by atoms with Gasteiger partial charge < -0.3 is 9.64 Å². The van der Waals surface area contributed by atoms with Crippen molar-refractivity contribution in [3.05, 3.63) is 107 Å². The molecule has 5 rings (SSSR count). The van der Waals surface area contributed by atoms with Gasteiger partial charge in [0.25, 0.3) is 0 Å². The topological polar surface area (TPSA) is 65.1 Å². The van der Waals surface area contributed by atoms with Gasteiger partial charge in [0.2, 0.25) is 5.91 Å². The SMILES string of the molecule is CCOC(=O)C12CC(c3ccc(F)cc3)(c3ccc(F)cc3)OOC1CN(Cc1ccccc1)C2=O. The molecule has 6 nitrogen and oxygen atoms in total. The Bertz CT molecular complexity index is 1200. The van der Waals surface area contributed by atoms with Gasteiger partial charge in [-0.05, 0) is 47.9 Å². The largest absolute Gasteiger partial charge is 0.465 e. The number of amides is 1. The van der Waals surface area contributed by atoms with E-state index in [-0.39, 0.29) is 26.1 Å². The smallest absolute Gasteiger partial charge is 0.324 e. The molecule has 2 heterocycles. The second-order valence-electron chi connectivity index (χ2n) is 9.05. The van der Waals surface area contributed by atoms with Gasteiger partial charge in [0, 0.05) is 13.0 Å². The maximum absolute atomic E-state index is 14.0. The van der Waals surface area contributed by atoms with Crippen molar-refractivity contribution in [2.45, 2.75) is 31.6 Å². The minimum atomic E-state index is -1.72. The lowest BCUT2D eigenvalue weighted by atomic mass is 9.68. The van der Waals surface area contributed by atoms with E-state index < -0.39 is 40.6 Å². The molecule has 2 saturated heterocycles. The highest BCUT2D eigenvalue weighted by Gasteiger charge is 2.68. The predicted octanol–water partition coefficient (Wildman–Crippen LogP) is 4.52. The van der Waals surface area contributed by atoms with Crippen molar-refractivity contribution in [1.82, 2.24) is 4.90 Å². The molecule has 0 spiro atoms. The zero-order valence-electron chi connectivity index (χ0n) is 19.7. The van der Waals surface area contributed by atoms with E-state index in [1.165, 1.54) is 48.5 Å². The van der Waals surface area contributed by atoms with E-state index in [0.29, 0.717) is 11.1 Å². The number of benzene rings is 3. The van der Waals surface area contributed by atoms with Gasteiger partial charge in [-0.1, -0.05) is 54.6 Å². The third-order valence-electron chi connectivity index (χ3n) is 6.92. The molecule has 8 heteroatoms. The number of hydrogen-bond acceptors (Lipinski definition) is 5. The van der Waals surface area contributed by atoms with Gasteiger partial charge in [-0.15, -0.1) is 0 Å². The Labute approximate surface area is 207 Å². The maximum Gasteiger partial charge on any atom is 0.324 e. The molecule has 3 aromatic rings. The molecular formula is C28H25F2NO5. The minimum Gasteiger partial charge on any atom is -0.465 e. The van der Waals surface area contributed by atoms with Crippen LogP contribution in [0.5, 0.6) is 0 Å². The zero-order valence-corrected chi connectivity index (χ0v) is 19.7. The number of carbonyl (C=O) groups excluding carboxylic acids is 2. The molecule has 0 radical (unpaired) electrons. The Morgan fingerprint density at radius 2 is 1.56 bits per heavy atom. The molecule has 0 aromatic heterocycles. The first-order valence-corrected chi connectivity index (χ1v) is 11.8. The van der Waals surface area contributed by atoms with Crippen LogP contribution in [0, 0.1) is 17.0 Å². The van der Waals surface area contributed by atoms with Crippen LogP contribution in [0.3, 0.4) is 0 Å². The second-order valence-corrected chi connectivity index (χ2v) is 9.05. The second kappa shape index (κ2) is 9.44. The molecule has 2 atom stereocenters. The van der Waals surface area contributed by atoms with E-state index in [1.54, 1.807) is 11.8 Å². The number of rotatable bonds is 6. The van der Waals surface area contributed by atoms with Gasteiger partial charge in [0.1, 0.15) is 17.7 Å². The van der Waals surface area contributed by atoms with E-state index in [9.17, 15) is 18.4 Å². The molecule has 0 aliphatic carbocycles. The average molecular weight is 494 g/mol. The Morgan fingerprint density at radius 3 is 2.11 bits per heavy atom. The molecule has 2 unspecified atom stereocenters. The summed E-state index contributed by atoms with van der Waals surface area (Å²) < 4.78 is 33.0. The lowest BCUT2D eigenvalue weighted by Gasteiger charge is -2.45. The Balaban J connectivity index is 1.62. The first-order valence-electron chi connectivity index (χ1n) is 11.8. The van der Waals surface area contributed by atoms with Gasteiger partial charge in [-0.2, -0.15) is 0 Å². The summed E-state index contributed by atoms with van der Waals surface area (Å²) in [4.78, 5) is 41.0. The zero-order chi connectivity index (χ0) is 25.3. The first kappa shape index (κ1) is 24.1. The first-order chi connectivity index (χ1) is 17.4. The minimum absolute atomic E-state index is 0.0697. The molecule has 2 fully saturated rings. The fourth-order valence-electron chi connectivity index (χ4n) is 5.12. The van der Waals surface area contributed by atoms with Crippen LogP contribution in [0.1, 0.15) is 30.0 Å². The summed E-state index contributed by atoms with van der Waals surface area (Å²) >= 11 is 0. The molecule has 1 amide bonds. The molecular weight excluding hydrogens is 468 g/mol. The third kappa shape index (κ3) is 3.96. The van der Waals surface area contributed by atoms with Crippen molar-refractivity contribution < 1.29 is 32.9 Å². The molecule has 3 aromatic carbocycles.